The van der Waals surface area contributed by atoms with Gasteiger partial charge in [-0.05, 0) is 37.1 Å². The first-order valence-corrected chi connectivity index (χ1v) is 8.71. The molecule has 0 radical (unpaired) electrons. The van der Waals surface area contributed by atoms with E-state index in [1.165, 1.54) is 0 Å². The van der Waals surface area contributed by atoms with Gasteiger partial charge in [-0.3, -0.25) is 0 Å². The molecule has 6 heteroatoms. The van der Waals surface area contributed by atoms with E-state index in [2.05, 4.69) is 0 Å². The van der Waals surface area contributed by atoms with Gasteiger partial charge in [0.15, 0.2) is 11.5 Å². The van der Waals surface area contributed by atoms with E-state index in [0.717, 1.165) is 16.5 Å². The second-order valence-corrected chi connectivity index (χ2v) is 6.50. The summed E-state index contributed by atoms with van der Waals surface area (Å²) in [6.45, 7) is 4.33. The molecule has 1 aromatic heterocycles. The first kappa shape index (κ1) is 16.8. The van der Waals surface area contributed by atoms with Crippen LogP contribution in [0, 0.1) is 6.92 Å². The second-order valence-electron chi connectivity index (χ2n) is 6.09. The van der Waals surface area contributed by atoms with Crippen LogP contribution in [0.2, 0.25) is 5.02 Å². The van der Waals surface area contributed by atoms with Crippen LogP contribution in [0.15, 0.2) is 39.5 Å². The van der Waals surface area contributed by atoms with Gasteiger partial charge in [-0.1, -0.05) is 18.5 Å². The number of hydrogen-bond donors (Lipinski definition) is 0. The third kappa shape index (κ3) is 2.88. The molecule has 134 valence electrons. The van der Waals surface area contributed by atoms with Gasteiger partial charge in [-0.15, -0.1) is 0 Å². The van der Waals surface area contributed by atoms with Crippen LogP contribution in [0.1, 0.15) is 23.6 Å². The Morgan fingerprint density at radius 1 is 1.15 bits per heavy atom. The van der Waals surface area contributed by atoms with Crippen LogP contribution in [-0.4, -0.2) is 6.79 Å². The summed E-state index contributed by atoms with van der Waals surface area (Å²) in [5.74, 6) is 1.88. The van der Waals surface area contributed by atoms with Crippen molar-refractivity contribution >= 4 is 22.6 Å². The monoisotopic (exact) mass is 372 g/mol. The van der Waals surface area contributed by atoms with Crippen molar-refractivity contribution in [2.24, 2.45) is 0 Å². The van der Waals surface area contributed by atoms with Gasteiger partial charge in [0.2, 0.25) is 6.79 Å². The Bertz CT molecular complexity index is 1050. The third-order valence-corrected chi connectivity index (χ3v) is 4.90. The SMILES string of the molecule is CCc1c(C)c2ccc(OCc3cc4c(cc3Cl)OCO4)cc2oc1=O. The standard InChI is InChI=1S/C20H17ClO5/c1-3-14-11(2)15-5-4-13(7-17(15)26-20(14)22)23-9-12-6-18-19(8-16(12)21)25-10-24-18/h4-8H,3,9-10H2,1-2H3. The van der Waals surface area contributed by atoms with E-state index >= 15 is 0 Å². The van der Waals surface area contributed by atoms with Crippen LogP contribution in [-0.2, 0) is 13.0 Å². The van der Waals surface area contributed by atoms with Gasteiger partial charge >= 0.3 is 5.63 Å². The van der Waals surface area contributed by atoms with Gasteiger partial charge in [-0.2, -0.15) is 0 Å². The minimum Gasteiger partial charge on any atom is -0.489 e. The highest BCUT2D eigenvalue weighted by atomic mass is 35.5. The lowest BCUT2D eigenvalue weighted by Gasteiger charge is -2.11. The molecule has 0 saturated carbocycles. The van der Waals surface area contributed by atoms with E-state index in [1.54, 1.807) is 12.1 Å². The Hall–Kier alpha value is -2.66. The number of fused-ring (bicyclic) bond motifs is 2. The average Bonchev–Trinajstić information content (AvgIpc) is 3.06. The van der Waals surface area contributed by atoms with Crippen molar-refractivity contribution in [1.29, 1.82) is 0 Å². The molecule has 0 bridgehead atoms. The summed E-state index contributed by atoms with van der Waals surface area (Å²) < 4.78 is 21.9. The molecule has 0 atom stereocenters. The molecule has 4 rings (SSSR count). The second kappa shape index (κ2) is 6.57. The van der Waals surface area contributed by atoms with Crippen LogP contribution in [0.5, 0.6) is 17.2 Å². The van der Waals surface area contributed by atoms with Crippen LogP contribution >= 0.6 is 11.6 Å². The van der Waals surface area contributed by atoms with Crippen molar-refractivity contribution in [3.8, 4) is 17.2 Å². The zero-order valence-corrected chi connectivity index (χ0v) is 15.2. The van der Waals surface area contributed by atoms with Gasteiger partial charge in [0.1, 0.15) is 17.9 Å². The predicted molar refractivity (Wildman–Crippen MR) is 98.5 cm³/mol. The van der Waals surface area contributed by atoms with Crippen molar-refractivity contribution in [2.45, 2.75) is 26.9 Å². The quantitative estimate of drug-likeness (QED) is 0.625. The van der Waals surface area contributed by atoms with Crippen molar-refractivity contribution in [1.82, 2.24) is 0 Å². The Morgan fingerprint density at radius 3 is 2.69 bits per heavy atom. The highest BCUT2D eigenvalue weighted by molar-refractivity contribution is 6.31. The summed E-state index contributed by atoms with van der Waals surface area (Å²) in [5.41, 5.74) is 2.66. The van der Waals surface area contributed by atoms with E-state index < -0.39 is 0 Å². The Balaban J connectivity index is 1.61. The zero-order chi connectivity index (χ0) is 18.3. The lowest BCUT2D eigenvalue weighted by atomic mass is 10.0. The number of hydrogen-bond acceptors (Lipinski definition) is 5. The molecule has 26 heavy (non-hydrogen) atoms. The zero-order valence-electron chi connectivity index (χ0n) is 14.4. The first-order valence-electron chi connectivity index (χ1n) is 8.34. The molecule has 2 aromatic carbocycles. The predicted octanol–water partition coefficient (Wildman–Crippen LogP) is 4.62. The molecule has 2 heterocycles. The normalized spacial score (nSPS) is 12.6. The first-order chi connectivity index (χ1) is 12.6. The lowest BCUT2D eigenvalue weighted by Crippen LogP contribution is -2.09. The summed E-state index contributed by atoms with van der Waals surface area (Å²) in [6.07, 6.45) is 0.644. The fourth-order valence-corrected chi connectivity index (χ4v) is 3.31. The van der Waals surface area contributed by atoms with Crippen LogP contribution < -0.4 is 19.8 Å². The molecule has 5 nitrogen and oxygen atoms in total. The molecule has 0 N–H and O–H groups in total. The number of rotatable bonds is 4. The topological polar surface area (TPSA) is 57.9 Å². The van der Waals surface area contributed by atoms with Crippen molar-refractivity contribution in [2.75, 3.05) is 6.79 Å². The molecule has 0 amide bonds. The van der Waals surface area contributed by atoms with Crippen LogP contribution in [0.3, 0.4) is 0 Å². The molecule has 0 unspecified atom stereocenters. The largest absolute Gasteiger partial charge is 0.489 e. The van der Waals surface area contributed by atoms with E-state index in [-0.39, 0.29) is 19.0 Å². The van der Waals surface area contributed by atoms with Gasteiger partial charge in [0, 0.05) is 28.6 Å². The Kier molecular flexibility index (Phi) is 4.24. The molecule has 0 spiro atoms. The lowest BCUT2D eigenvalue weighted by molar-refractivity contribution is 0.174. The van der Waals surface area contributed by atoms with E-state index in [9.17, 15) is 4.79 Å². The molecule has 3 aromatic rings. The van der Waals surface area contributed by atoms with Gasteiger partial charge < -0.3 is 18.6 Å². The summed E-state index contributed by atoms with van der Waals surface area (Å²) >= 11 is 6.27. The van der Waals surface area contributed by atoms with Crippen LogP contribution in [0.25, 0.3) is 11.0 Å². The fraction of sp³-hybridized carbons (Fsp3) is 0.250. The maximum Gasteiger partial charge on any atom is 0.339 e. The summed E-state index contributed by atoms with van der Waals surface area (Å²) in [7, 11) is 0. The van der Waals surface area contributed by atoms with Crippen molar-refractivity contribution in [3.05, 3.63) is 62.5 Å². The molecule has 0 saturated heterocycles. The van der Waals surface area contributed by atoms with E-state index in [1.807, 2.05) is 32.0 Å². The van der Waals surface area contributed by atoms with Gasteiger partial charge in [-0.25, -0.2) is 4.79 Å². The smallest absolute Gasteiger partial charge is 0.339 e. The number of halogens is 1. The third-order valence-electron chi connectivity index (χ3n) is 4.55. The van der Waals surface area contributed by atoms with Gasteiger partial charge in [0.25, 0.3) is 0 Å². The number of ether oxygens (including phenoxy) is 3. The van der Waals surface area contributed by atoms with Crippen molar-refractivity contribution in [3.63, 3.8) is 0 Å². The Labute approximate surface area is 155 Å². The fourth-order valence-electron chi connectivity index (χ4n) is 3.10. The molecule has 1 aliphatic rings. The minimum atomic E-state index is -0.298. The highest BCUT2D eigenvalue weighted by Crippen LogP contribution is 2.37. The summed E-state index contributed by atoms with van der Waals surface area (Å²) in [6, 6.07) is 9.02. The molecular formula is C20H17ClO5. The van der Waals surface area contributed by atoms with E-state index in [0.29, 0.717) is 39.8 Å². The number of benzene rings is 2. The Morgan fingerprint density at radius 2 is 1.92 bits per heavy atom. The average molecular weight is 373 g/mol. The summed E-state index contributed by atoms with van der Waals surface area (Å²) in [4.78, 5) is 12.1. The summed E-state index contributed by atoms with van der Waals surface area (Å²) in [5, 5.41) is 1.46. The molecular weight excluding hydrogens is 356 g/mol. The van der Waals surface area contributed by atoms with Crippen molar-refractivity contribution < 1.29 is 18.6 Å². The minimum absolute atomic E-state index is 0.193. The maximum atomic E-state index is 12.1. The molecule has 0 aliphatic carbocycles. The highest BCUT2D eigenvalue weighted by Gasteiger charge is 2.17. The van der Waals surface area contributed by atoms with Gasteiger partial charge in [0.05, 0.1) is 5.02 Å². The van der Waals surface area contributed by atoms with Crippen LogP contribution in [0.4, 0.5) is 0 Å². The molecule has 1 aliphatic heterocycles. The molecule has 0 fully saturated rings. The van der Waals surface area contributed by atoms with E-state index in [4.69, 9.17) is 30.2 Å². The maximum absolute atomic E-state index is 12.1. The number of aryl methyl sites for hydroxylation is 1.